The van der Waals surface area contributed by atoms with Gasteiger partial charge in [-0.3, -0.25) is 37.3 Å². The molecule has 0 aliphatic carbocycles. The second kappa shape index (κ2) is 64.1. The lowest BCUT2D eigenvalue weighted by Crippen LogP contribution is -2.30. The lowest BCUT2D eigenvalue weighted by atomic mass is 10.0. The van der Waals surface area contributed by atoms with Crippen molar-refractivity contribution in [2.45, 2.75) is 387 Å². The second-order valence-electron chi connectivity index (χ2n) is 26.9. The molecule has 0 saturated carbocycles. The molecule has 0 heterocycles. The van der Waals surface area contributed by atoms with Crippen molar-refractivity contribution in [3.8, 4) is 0 Å². The van der Waals surface area contributed by atoms with E-state index in [-0.39, 0.29) is 25.7 Å². The van der Waals surface area contributed by atoms with E-state index in [2.05, 4.69) is 41.5 Å². The maximum Gasteiger partial charge on any atom is 0.472 e. The van der Waals surface area contributed by atoms with Gasteiger partial charge in [-0.1, -0.05) is 318 Å². The van der Waals surface area contributed by atoms with Crippen LogP contribution >= 0.6 is 15.6 Å². The number of aliphatic hydroxyl groups excluding tert-OH is 1. The summed E-state index contributed by atoms with van der Waals surface area (Å²) >= 11 is 0. The number of unbranched alkanes of at least 4 members (excludes halogenated alkanes) is 41. The summed E-state index contributed by atoms with van der Waals surface area (Å²) in [5.41, 5.74) is 0. The van der Waals surface area contributed by atoms with E-state index in [0.717, 1.165) is 109 Å². The summed E-state index contributed by atoms with van der Waals surface area (Å²) in [7, 11) is -9.90. The summed E-state index contributed by atoms with van der Waals surface area (Å²) in [6, 6.07) is 0. The first kappa shape index (κ1) is 89.1. The third-order valence-electron chi connectivity index (χ3n) is 16.7. The molecule has 0 saturated heterocycles. The normalized spacial score (nSPS) is 14.1. The molecule has 0 radical (unpaired) electrons. The van der Waals surface area contributed by atoms with Gasteiger partial charge in [-0.15, -0.1) is 0 Å². The van der Waals surface area contributed by atoms with Crippen LogP contribution in [0.2, 0.25) is 0 Å². The van der Waals surface area contributed by atoms with Crippen LogP contribution in [0.3, 0.4) is 0 Å². The molecule has 5 atom stereocenters. The summed E-state index contributed by atoms with van der Waals surface area (Å²) < 4.78 is 68.2. The van der Waals surface area contributed by atoms with Crippen LogP contribution in [-0.4, -0.2) is 96.7 Å². The first-order chi connectivity index (χ1) is 43.9. The highest BCUT2D eigenvalue weighted by molar-refractivity contribution is 7.47. The van der Waals surface area contributed by atoms with E-state index in [1.807, 2.05) is 0 Å². The number of carbonyl (C=O) groups is 4. The van der Waals surface area contributed by atoms with E-state index in [1.54, 1.807) is 0 Å². The van der Waals surface area contributed by atoms with Crippen molar-refractivity contribution in [2.75, 3.05) is 39.6 Å². The van der Waals surface area contributed by atoms with E-state index in [4.69, 9.17) is 37.0 Å². The average Bonchev–Trinajstić information content (AvgIpc) is 2.22. The van der Waals surface area contributed by atoms with Crippen LogP contribution in [0.1, 0.15) is 369 Å². The highest BCUT2D eigenvalue weighted by atomic mass is 31.2. The molecule has 17 nitrogen and oxygen atoms in total. The van der Waals surface area contributed by atoms with Gasteiger partial charge in [-0.25, -0.2) is 9.13 Å². The first-order valence-corrected chi connectivity index (χ1v) is 40.5. The van der Waals surface area contributed by atoms with E-state index in [9.17, 15) is 43.2 Å². The largest absolute Gasteiger partial charge is 0.472 e. The molecule has 0 rings (SSSR count). The number of rotatable bonds is 71. The predicted molar refractivity (Wildman–Crippen MR) is 368 cm³/mol. The van der Waals surface area contributed by atoms with Crippen LogP contribution in [0, 0.1) is 11.8 Å². The van der Waals surface area contributed by atoms with Crippen molar-refractivity contribution in [1.82, 2.24) is 0 Å². The van der Waals surface area contributed by atoms with Crippen LogP contribution in [-0.2, 0) is 65.4 Å². The van der Waals surface area contributed by atoms with E-state index in [0.29, 0.717) is 31.6 Å². The fourth-order valence-corrected chi connectivity index (χ4v) is 12.5. The molecule has 0 amide bonds. The van der Waals surface area contributed by atoms with Gasteiger partial charge in [0.2, 0.25) is 0 Å². The van der Waals surface area contributed by atoms with Crippen LogP contribution in [0.15, 0.2) is 0 Å². The van der Waals surface area contributed by atoms with Gasteiger partial charge in [0.1, 0.15) is 19.3 Å². The summed E-state index contributed by atoms with van der Waals surface area (Å²) in [4.78, 5) is 72.4. The number of ether oxygens (including phenoxy) is 4. The zero-order chi connectivity index (χ0) is 67.2. The zero-order valence-corrected chi connectivity index (χ0v) is 60.9. The molecule has 0 bridgehead atoms. The number of phosphoric acid groups is 2. The van der Waals surface area contributed by atoms with Gasteiger partial charge in [-0.05, 0) is 37.5 Å². The second-order valence-corrected chi connectivity index (χ2v) is 29.8. The Morgan fingerprint density at radius 1 is 0.297 bits per heavy atom. The first-order valence-electron chi connectivity index (χ1n) is 37.5. The quantitative estimate of drug-likeness (QED) is 0.0222. The van der Waals surface area contributed by atoms with Crippen molar-refractivity contribution in [3.63, 3.8) is 0 Å². The lowest BCUT2D eigenvalue weighted by Gasteiger charge is -2.21. The molecule has 2 unspecified atom stereocenters. The van der Waals surface area contributed by atoms with E-state index >= 15 is 0 Å². The third kappa shape index (κ3) is 66.5. The molecule has 0 aromatic rings. The van der Waals surface area contributed by atoms with Gasteiger partial charge >= 0.3 is 39.5 Å². The summed E-state index contributed by atoms with van der Waals surface area (Å²) in [6.07, 6.45) is 50.4. The van der Waals surface area contributed by atoms with Crippen LogP contribution in [0.25, 0.3) is 0 Å². The fourth-order valence-electron chi connectivity index (χ4n) is 10.9. The Morgan fingerprint density at radius 3 is 0.747 bits per heavy atom. The minimum Gasteiger partial charge on any atom is -0.462 e. The smallest absolute Gasteiger partial charge is 0.462 e. The number of hydrogen-bond acceptors (Lipinski definition) is 15. The molecule has 3 N–H and O–H groups in total. The maximum atomic E-state index is 13.1. The molecule has 19 heteroatoms. The molecule has 0 spiro atoms. The van der Waals surface area contributed by atoms with Gasteiger partial charge in [0.25, 0.3) is 0 Å². The molecule has 0 aromatic heterocycles. The topological polar surface area (TPSA) is 237 Å². The van der Waals surface area contributed by atoms with Crippen molar-refractivity contribution in [2.24, 2.45) is 11.8 Å². The summed E-state index contributed by atoms with van der Waals surface area (Å²) in [6.45, 7) is 9.46. The van der Waals surface area contributed by atoms with Crippen LogP contribution in [0.5, 0.6) is 0 Å². The monoisotopic (exact) mass is 1340 g/mol. The van der Waals surface area contributed by atoms with Crippen LogP contribution < -0.4 is 0 Å². The minimum absolute atomic E-state index is 0.102. The number of esters is 4. The van der Waals surface area contributed by atoms with Gasteiger partial charge in [0.15, 0.2) is 12.2 Å². The highest BCUT2D eigenvalue weighted by Gasteiger charge is 2.30. The van der Waals surface area contributed by atoms with Gasteiger partial charge < -0.3 is 33.8 Å². The summed E-state index contributed by atoms with van der Waals surface area (Å²) in [5, 5.41) is 10.6. The average molecular weight is 1340 g/mol. The standard InChI is InChI=1S/C72H140O17P2/c1-7-9-11-13-15-16-17-18-19-23-26-29-32-36-43-49-55-70(75)83-61-67(88-71(76)56-50-44-37-33-30-27-24-21-20-22-25-28-31-35-40-46-52-64(3)4)62-86-90(78,79)84-58-66(73)59-85-91(80,81)87-63-68(60-82-69(74)54-48-42-34-14-12-10-8-2)89-72(77)57-51-45-39-38-41-47-53-65(5)6/h64-68,73H,7-63H2,1-6H3,(H,78,79)(H,80,81)/t66-,67-,68-/m1/s1. The molecular weight excluding hydrogens is 1200 g/mol. The maximum absolute atomic E-state index is 13.1. The lowest BCUT2D eigenvalue weighted by molar-refractivity contribution is -0.161. The van der Waals surface area contributed by atoms with Crippen molar-refractivity contribution in [3.05, 3.63) is 0 Å². The zero-order valence-electron chi connectivity index (χ0n) is 59.1. The van der Waals surface area contributed by atoms with E-state index in [1.165, 1.54) is 173 Å². The van der Waals surface area contributed by atoms with Crippen molar-refractivity contribution < 1.29 is 80.2 Å². The Bertz CT molecular complexity index is 1770. The summed E-state index contributed by atoms with van der Waals surface area (Å²) in [5.74, 6) is -0.651. The van der Waals surface area contributed by atoms with Gasteiger partial charge in [-0.2, -0.15) is 0 Å². The van der Waals surface area contributed by atoms with E-state index < -0.39 is 97.5 Å². The SMILES string of the molecule is CCCCCCCCCCCCCCCCCCC(=O)OC[C@H](COP(=O)(O)OC[C@@H](O)COP(=O)(O)OC[C@@H](COC(=O)CCCCCCCCC)OC(=O)CCCCCCCCC(C)C)OC(=O)CCCCCCCCCCCCCCCCCCC(C)C. The molecule has 0 aliphatic heterocycles. The predicted octanol–water partition coefficient (Wildman–Crippen LogP) is 20.8. The minimum atomic E-state index is -4.95. The van der Waals surface area contributed by atoms with Crippen molar-refractivity contribution >= 4 is 39.5 Å². The Kier molecular flexibility index (Phi) is 62.7. The Balaban J connectivity index is 5.17. The number of aliphatic hydroxyl groups is 1. The van der Waals surface area contributed by atoms with Crippen LogP contribution in [0.4, 0.5) is 0 Å². The third-order valence-corrected chi connectivity index (χ3v) is 18.6. The number of carbonyl (C=O) groups excluding carboxylic acids is 4. The Morgan fingerprint density at radius 2 is 0.505 bits per heavy atom. The molecule has 91 heavy (non-hydrogen) atoms. The molecule has 0 aromatic carbocycles. The van der Waals surface area contributed by atoms with Crippen molar-refractivity contribution in [1.29, 1.82) is 0 Å². The molecular formula is C72H140O17P2. The number of hydrogen-bond donors (Lipinski definition) is 3. The number of phosphoric ester groups is 2. The molecule has 0 aliphatic rings. The van der Waals surface area contributed by atoms with Gasteiger partial charge in [0, 0.05) is 25.7 Å². The molecule has 540 valence electrons. The molecule has 0 fully saturated rings. The Labute approximate surface area is 556 Å². The Hall–Kier alpha value is -1.94. The highest BCUT2D eigenvalue weighted by Crippen LogP contribution is 2.45. The van der Waals surface area contributed by atoms with Gasteiger partial charge in [0.05, 0.1) is 26.4 Å². The fraction of sp³-hybridized carbons (Fsp3) is 0.944.